The first-order chi connectivity index (χ1) is 17.5. The minimum atomic E-state index is -0.720. The zero-order valence-electron chi connectivity index (χ0n) is 20.1. The van der Waals surface area contributed by atoms with Gasteiger partial charge in [0.2, 0.25) is 0 Å². The zero-order valence-corrected chi connectivity index (χ0v) is 25.5. The van der Waals surface area contributed by atoms with E-state index < -0.39 is 36.1 Å². The molecule has 0 N–H and O–H groups in total. The highest BCUT2D eigenvalue weighted by molar-refractivity contribution is 7.84. The number of hydrogen-bond donors (Lipinski definition) is 6. The van der Waals surface area contributed by atoms with Crippen LogP contribution >= 0.6 is 75.8 Å². The Morgan fingerprint density at radius 1 is 0.568 bits per heavy atom. The highest BCUT2D eigenvalue weighted by Gasteiger charge is 2.18. The van der Waals surface area contributed by atoms with E-state index in [2.05, 4.69) is 88.9 Å². The molecule has 0 saturated carbocycles. The van der Waals surface area contributed by atoms with Gasteiger partial charge in [-0.15, -0.1) is 12.6 Å². The van der Waals surface area contributed by atoms with Crippen molar-refractivity contribution in [3.05, 3.63) is 24.0 Å². The number of hydrogen-bond acceptors (Lipinski definition) is 16. The predicted molar refractivity (Wildman–Crippen MR) is 159 cm³/mol. The fraction of sp³-hybridized carbons (Fsp3) is 0.619. The van der Waals surface area contributed by atoms with E-state index in [1.165, 1.54) is 0 Å². The third-order valence-corrected chi connectivity index (χ3v) is 4.88. The first-order valence-corrected chi connectivity index (χ1v) is 14.2. The maximum atomic E-state index is 11.4. The maximum absolute atomic E-state index is 11.4. The monoisotopic (exact) mass is 638 g/mol. The fourth-order valence-corrected chi connectivity index (χ4v) is 2.51. The van der Waals surface area contributed by atoms with Crippen molar-refractivity contribution < 1.29 is 47.6 Å². The summed E-state index contributed by atoms with van der Waals surface area (Å²) in [6, 6.07) is 0. The number of carbonyl (C=O) groups excluding carboxylic acids is 4. The highest BCUT2D eigenvalue weighted by Crippen LogP contribution is 2.05. The second-order valence-corrected chi connectivity index (χ2v) is 8.91. The molecule has 0 saturated heterocycles. The van der Waals surface area contributed by atoms with Gasteiger partial charge in [-0.2, -0.15) is 63.1 Å². The van der Waals surface area contributed by atoms with Gasteiger partial charge in [0.25, 0.3) is 0 Å². The molecule has 2 atom stereocenters. The lowest BCUT2D eigenvalue weighted by Crippen LogP contribution is -2.30. The van der Waals surface area contributed by atoms with Crippen molar-refractivity contribution in [2.24, 2.45) is 0 Å². The quantitative estimate of drug-likeness (QED) is 0.0544. The van der Waals surface area contributed by atoms with Crippen LogP contribution in [-0.4, -0.2) is 91.3 Å². The van der Waals surface area contributed by atoms with E-state index >= 15 is 0 Å². The van der Waals surface area contributed by atoms with Gasteiger partial charge in [-0.25, -0.2) is 0 Å². The molecular weight excluding hydrogens is 605 g/mol. The smallest absolute Gasteiger partial charge is 0.316 e. The van der Waals surface area contributed by atoms with Crippen LogP contribution in [0.25, 0.3) is 0 Å². The van der Waals surface area contributed by atoms with Crippen molar-refractivity contribution in [3.63, 3.8) is 0 Å². The Morgan fingerprint density at radius 2 is 1.00 bits per heavy atom. The summed E-state index contributed by atoms with van der Waals surface area (Å²) in [4.78, 5) is 44.6. The van der Waals surface area contributed by atoms with Crippen molar-refractivity contribution in [2.45, 2.75) is 25.0 Å². The first kappa shape index (κ1) is 38.2. The van der Waals surface area contributed by atoms with Gasteiger partial charge in [-0.05, 0) is 6.58 Å². The zero-order chi connectivity index (χ0) is 28.6. The van der Waals surface area contributed by atoms with E-state index in [4.69, 9.17) is 28.4 Å². The average molecular weight is 639 g/mol. The molecule has 0 aliphatic heterocycles. The molecule has 0 aromatic rings. The van der Waals surface area contributed by atoms with Gasteiger partial charge in [0, 0.05) is 17.3 Å². The van der Waals surface area contributed by atoms with Crippen LogP contribution in [-0.2, 0) is 47.6 Å². The summed E-state index contributed by atoms with van der Waals surface area (Å²) in [6.07, 6.45) is -1.02. The second kappa shape index (κ2) is 25.3. The molecule has 37 heavy (non-hydrogen) atoms. The van der Waals surface area contributed by atoms with E-state index in [-0.39, 0.29) is 55.9 Å². The third-order valence-electron chi connectivity index (χ3n) is 3.43. The first-order valence-electron chi connectivity index (χ1n) is 10.6. The average Bonchev–Trinajstić information content (AvgIpc) is 2.87. The van der Waals surface area contributed by atoms with Gasteiger partial charge in [-0.1, -0.05) is 6.58 Å². The van der Waals surface area contributed by atoms with Crippen molar-refractivity contribution >= 4 is 99.6 Å². The number of esters is 4. The SMILES string of the molecule is C=C(CS)OCC(COC(=O)CCS)OC(=O)CCS.C=C(S)OCC(COC(=O)CS)OC(=O)CS. The van der Waals surface area contributed by atoms with E-state index in [1.54, 1.807) is 0 Å². The molecule has 2 unspecified atom stereocenters. The van der Waals surface area contributed by atoms with Gasteiger partial charge in [0.05, 0.1) is 30.1 Å². The minimum absolute atomic E-state index is 0.00169. The molecule has 0 spiro atoms. The van der Waals surface area contributed by atoms with Crippen LogP contribution in [0.5, 0.6) is 0 Å². The van der Waals surface area contributed by atoms with Crippen LogP contribution in [0.15, 0.2) is 24.0 Å². The van der Waals surface area contributed by atoms with Crippen LogP contribution in [0.4, 0.5) is 0 Å². The number of ether oxygens (including phenoxy) is 6. The molecule has 0 bridgehead atoms. The topological polar surface area (TPSA) is 124 Å². The summed E-state index contributed by atoms with van der Waals surface area (Å²) in [5.41, 5.74) is 0. The Labute approximate surface area is 250 Å². The number of thiol groups is 6. The molecule has 16 heteroatoms. The Balaban J connectivity index is 0. The summed E-state index contributed by atoms with van der Waals surface area (Å²) in [6.45, 7) is 6.91. The van der Waals surface area contributed by atoms with Crippen LogP contribution in [0.1, 0.15) is 12.8 Å². The van der Waals surface area contributed by atoms with Crippen LogP contribution in [0.2, 0.25) is 0 Å². The second-order valence-electron chi connectivity index (χ2n) is 6.57. The Bertz CT molecular complexity index is 722. The molecule has 0 heterocycles. The summed E-state index contributed by atoms with van der Waals surface area (Å²) >= 11 is 23.2. The molecule has 10 nitrogen and oxygen atoms in total. The molecule has 0 rings (SSSR count). The summed E-state index contributed by atoms with van der Waals surface area (Å²) in [5.74, 6) is -0.393. The van der Waals surface area contributed by atoms with Crippen molar-refractivity contribution in [1.82, 2.24) is 0 Å². The molecule has 0 aliphatic carbocycles. The molecule has 0 aromatic carbocycles. The lowest BCUT2D eigenvalue weighted by atomic mass is 10.4. The van der Waals surface area contributed by atoms with E-state index in [0.29, 0.717) is 23.0 Å². The normalized spacial score (nSPS) is 11.5. The number of carbonyl (C=O) groups is 4. The van der Waals surface area contributed by atoms with Gasteiger partial charge < -0.3 is 28.4 Å². The van der Waals surface area contributed by atoms with Gasteiger partial charge >= 0.3 is 23.9 Å². The van der Waals surface area contributed by atoms with E-state index in [9.17, 15) is 19.2 Å². The minimum Gasteiger partial charge on any atom is -0.494 e. The van der Waals surface area contributed by atoms with E-state index in [0.717, 1.165) is 0 Å². The predicted octanol–water partition coefficient (Wildman–Crippen LogP) is 2.26. The largest absolute Gasteiger partial charge is 0.494 e. The molecular formula is C21H34O10S6. The van der Waals surface area contributed by atoms with E-state index in [1.807, 2.05) is 0 Å². The van der Waals surface area contributed by atoms with Gasteiger partial charge in [0.15, 0.2) is 12.2 Å². The maximum Gasteiger partial charge on any atom is 0.316 e. The Hall–Kier alpha value is -0.940. The van der Waals surface area contributed by atoms with Crippen LogP contribution < -0.4 is 0 Å². The number of rotatable bonds is 19. The third kappa shape index (κ3) is 25.1. The molecule has 0 aliphatic rings. The molecule has 0 fully saturated rings. The van der Waals surface area contributed by atoms with Crippen LogP contribution in [0, 0.1) is 0 Å². The highest BCUT2D eigenvalue weighted by atomic mass is 32.1. The summed E-state index contributed by atoms with van der Waals surface area (Å²) in [7, 11) is 0. The Kier molecular flexibility index (Phi) is 26.2. The van der Waals surface area contributed by atoms with Crippen molar-refractivity contribution in [1.29, 1.82) is 0 Å². The lowest BCUT2D eigenvalue weighted by Gasteiger charge is -2.18. The summed E-state index contributed by atoms with van der Waals surface area (Å²) in [5, 5.41) is 0.178. The molecule has 0 radical (unpaired) electrons. The fourth-order valence-electron chi connectivity index (χ4n) is 1.82. The van der Waals surface area contributed by atoms with Gasteiger partial charge in [-0.3, -0.25) is 19.2 Å². The van der Waals surface area contributed by atoms with Crippen molar-refractivity contribution in [3.8, 4) is 0 Å². The van der Waals surface area contributed by atoms with Crippen LogP contribution in [0.3, 0.4) is 0 Å². The lowest BCUT2D eigenvalue weighted by molar-refractivity contribution is -0.161. The summed E-state index contributed by atoms with van der Waals surface area (Å²) < 4.78 is 30.0. The van der Waals surface area contributed by atoms with Gasteiger partial charge in [0.1, 0.15) is 31.5 Å². The van der Waals surface area contributed by atoms with Crippen molar-refractivity contribution in [2.75, 3.05) is 55.2 Å². The molecule has 0 aromatic heterocycles. The molecule has 214 valence electrons. The molecule has 0 amide bonds. The standard InChI is InChI=1S/C12H20O5S3.C9H14O5S3/c1-9(8-20)15-6-10(17-12(14)3-5-19)7-16-11(13)2-4-18;1-6(17)12-2-7(14-9(11)5-16)3-13-8(10)4-15/h10,18-20H,1-8H2;7,15-17H,1-5H2. The Morgan fingerprint density at radius 3 is 1.46 bits per heavy atom.